The molecule has 0 bridgehead atoms. The lowest BCUT2D eigenvalue weighted by Crippen LogP contribution is -2.49. The van der Waals surface area contributed by atoms with Crippen molar-refractivity contribution in [2.75, 3.05) is 18.8 Å². The summed E-state index contributed by atoms with van der Waals surface area (Å²) < 4.78 is 0. The summed E-state index contributed by atoms with van der Waals surface area (Å²) in [4.78, 5) is 42.9. The summed E-state index contributed by atoms with van der Waals surface area (Å²) in [5.74, 6) is 0.968. The standard InChI is InChI=1S/C20H26ClN7O2/c1-12(25-19(29)16-11-23-7-8-24-16)20(30)28-9-5-14(6-10-28)3-4-15-17(21)26-13(2)27-18(15)22/h7-8,11-12,14H,3-6,9-10H2,1-2H3,(H,25,29)(H2,22,26,27). The maximum absolute atomic E-state index is 12.7. The van der Waals surface area contributed by atoms with Crippen LogP contribution >= 0.6 is 11.6 Å². The molecule has 0 aliphatic carbocycles. The van der Waals surface area contributed by atoms with Crippen molar-refractivity contribution in [3.05, 3.63) is 40.8 Å². The molecule has 1 aliphatic heterocycles. The fourth-order valence-electron chi connectivity index (χ4n) is 3.63. The Morgan fingerprint density at radius 3 is 2.67 bits per heavy atom. The Labute approximate surface area is 180 Å². The van der Waals surface area contributed by atoms with Crippen molar-refractivity contribution in [2.45, 2.75) is 45.6 Å². The Morgan fingerprint density at radius 1 is 1.30 bits per heavy atom. The molecule has 3 rings (SSSR count). The third-order valence-electron chi connectivity index (χ3n) is 5.34. The fourth-order valence-corrected chi connectivity index (χ4v) is 3.94. The number of amides is 2. The number of hydrogen-bond donors (Lipinski definition) is 2. The molecule has 30 heavy (non-hydrogen) atoms. The Hall–Kier alpha value is -2.81. The minimum atomic E-state index is -0.626. The second kappa shape index (κ2) is 9.80. The van der Waals surface area contributed by atoms with Gasteiger partial charge in [0.25, 0.3) is 5.91 Å². The first-order valence-electron chi connectivity index (χ1n) is 9.99. The number of nitrogens with one attached hydrogen (secondary N) is 1. The number of nitrogens with zero attached hydrogens (tertiary/aromatic N) is 5. The van der Waals surface area contributed by atoms with Crippen LogP contribution in [0.15, 0.2) is 18.6 Å². The molecule has 2 aromatic rings. The van der Waals surface area contributed by atoms with Crippen LogP contribution in [-0.2, 0) is 11.2 Å². The lowest BCUT2D eigenvalue weighted by molar-refractivity contribution is -0.134. The van der Waals surface area contributed by atoms with Crippen LogP contribution in [-0.4, -0.2) is 55.8 Å². The van der Waals surface area contributed by atoms with Gasteiger partial charge < -0.3 is 16.0 Å². The summed E-state index contributed by atoms with van der Waals surface area (Å²) in [5.41, 5.74) is 6.96. The number of aromatic nitrogens is 4. The predicted molar refractivity (Wildman–Crippen MR) is 113 cm³/mol. The maximum atomic E-state index is 12.7. The number of nitrogens with two attached hydrogens (primary N) is 1. The van der Waals surface area contributed by atoms with Crippen molar-refractivity contribution in [1.82, 2.24) is 30.2 Å². The van der Waals surface area contributed by atoms with Crippen LogP contribution in [0.3, 0.4) is 0 Å². The van der Waals surface area contributed by atoms with Crippen LogP contribution in [0, 0.1) is 12.8 Å². The van der Waals surface area contributed by atoms with E-state index in [0.717, 1.165) is 24.8 Å². The number of nitrogen functional groups attached to an aromatic ring is 1. The molecule has 1 saturated heterocycles. The van der Waals surface area contributed by atoms with Crippen molar-refractivity contribution in [1.29, 1.82) is 0 Å². The summed E-state index contributed by atoms with van der Waals surface area (Å²) in [5, 5.41) is 3.11. The minimum absolute atomic E-state index is 0.0927. The van der Waals surface area contributed by atoms with Gasteiger partial charge in [0, 0.05) is 31.0 Å². The van der Waals surface area contributed by atoms with E-state index >= 15 is 0 Å². The van der Waals surface area contributed by atoms with E-state index in [9.17, 15) is 9.59 Å². The molecule has 3 N–H and O–H groups in total. The van der Waals surface area contributed by atoms with E-state index in [2.05, 4.69) is 25.3 Å². The highest BCUT2D eigenvalue weighted by molar-refractivity contribution is 6.30. The quantitative estimate of drug-likeness (QED) is 0.667. The number of hydrogen-bond acceptors (Lipinski definition) is 7. The number of halogens is 1. The van der Waals surface area contributed by atoms with E-state index in [0.29, 0.717) is 42.2 Å². The number of rotatable bonds is 6. The SMILES string of the molecule is Cc1nc(N)c(CCC2CCN(C(=O)C(C)NC(=O)c3cnccn3)CC2)c(Cl)n1. The highest BCUT2D eigenvalue weighted by atomic mass is 35.5. The monoisotopic (exact) mass is 431 g/mol. The average Bonchev–Trinajstić information content (AvgIpc) is 2.73. The molecule has 1 atom stereocenters. The summed E-state index contributed by atoms with van der Waals surface area (Å²) >= 11 is 6.21. The molecule has 1 aliphatic rings. The second-order valence-electron chi connectivity index (χ2n) is 7.52. The normalized spacial score (nSPS) is 15.6. The maximum Gasteiger partial charge on any atom is 0.272 e. The Kier molecular flexibility index (Phi) is 7.15. The smallest absolute Gasteiger partial charge is 0.272 e. The number of aryl methyl sites for hydroxylation is 1. The zero-order valence-corrected chi connectivity index (χ0v) is 17.9. The highest BCUT2D eigenvalue weighted by Gasteiger charge is 2.27. The van der Waals surface area contributed by atoms with Crippen molar-refractivity contribution in [3.8, 4) is 0 Å². The van der Waals surface area contributed by atoms with Crippen LogP contribution < -0.4 is 11.1 Å². The van der Waals surface area contributed by atoms with E-state index in [4.69, 9.17) is 17.3 Å². The Balaban J connectivity index is 1.47. The third-order valence-corrected chi connectivity index (χ3v) is 5.66. The molecule has 3 heterocycles. The van der Waals surface area contributed by atoms with Gasteiger partial charge in [0.05, 0.1) is 6.20 Å². The van der Waals surface area contributed by atoms with Gasteiger partial charge in [-0.05, 0) is 45.4 Å². The molecule has 1 unspecified atom stereocenters. The van der Waals surface area contributed by atoms with Gasteiger partial charge in [0.1, 0.15) is 28.5 Å². The van der Waals surface area contributed by atoms with E-state index in [1.165, 1.54) is 18.6 Å². The lowest BCUT2D eigenvalue weighted by atomic mass is 9.90. The molecule has 2 amide bonds. The molecule has 160 valence electrons. The Bertz CT molecular complexity index is 878. The molecule has 0 saturated carbocycles. The highest BCUT2D eigenvalue weighted by Crippen LogP contribution is 2.26. The van der Waals surface area contributed by atoms with Gasteiger partial charge in [0.15, 0.2) is 0 Å². The summed E-state index contributed by atoms with van der Waals surface area (Å²) in [6, 6.07) is -0.626. The zero-order valence-electron chi connectivity index (χ0n) is 17.1. The van der Waals surface area contributed by atoms with Crippen molar-refractivity contribution >= 4 is 29.2 Å². The van der Waals surface area contributed by atoms with E-state index in [1.807, 2.05) is 0 Å². The summed E-state index contributed by atoms with van der Waals surface area (Å²) in [7, 11) is 0. The van der Waals surface area contributed by atoms with E-state index in [1.54, 1.807) is 18.7 Å². The number of piperidine rings is 1. The first-order chi connectivity index (χ1) is 14.3. The molecule has 0 aromatic carbocycles. The van der Waals surface area contributed by atoms with E-state index in [-0.39, 0.29) is 11.6 Å². The summed E-state index contributed by atoms with van der Waals surface area (Å²) in [6.45, 7) is 4.76. The van der Waals surface area contributed by atoms with Gasteiger partial charge in [-0.15, -0.1) is 0 Å². The number of carbonyl (C=O) groups is 2. The van der Waals surface area contributed by atoms with Gasteiger partial charge in [0.2, 0.25) is 5.91 Å². The lowest BCUT2D eigenvalue weighted by Gasteiger charge is -2.33. The average molecular weight is 432 g/mol. The fraction of sp³-hybridized carbons (Fsp3) is 0.500. The molecule has 2 aromatic heterocycles. The Morgan fingerprint density at radius 2 is 2.03 bits per heavy atom. The summed E-state index contributed by atoms with van der Waals surface area (Å²) in [6.07, 6.45) is 7.71. The van der Waals surface area contributed by atoms with Gasteiger partial charge in [-0.2, -0.15) is 0 Å². The molecular weight excluding hydrogens is 406 g/mol. The second-order valence-corrected chi connectivity index (χ2v) is 7.88. The molecule has 0 radical (unpaired) electrons. The molecule has 0 spiro atoms. The molecular formula is C20H26ClN7O2. The number of anilines is 1. The predicted octanol–water partition coefficient (Wildman–Crippen LogP) is 1.80. The molecule has 9 nitrogen and oxygen atoms in total. The number of carbonyl (C=O) groups excluding carboxylic acids is 2. The minimum Gasteiger partial charge on any atom is -0.383 e. The molecule has 1 fully saturated rings. The largest absolute Gasteiger partial charge is 0.383 e. The van der Waals surface area contributed by atoms with E-state index < -0.39 is 11.9 Å². The van der Waals surface area contributed by atoms with Gasteiger partial charge in [-0.1, -0.05) is 11.6 Å². The van der Waals surface area contributed by atoms with Crippen LogP contribution in [0.2, 0.25) is 5.15 Å². The van der Waals surface area contributed by atoms with Gasteiger partial charge in [-0.25, -0.2) is 15.0 Å². The van der Waals surface area contributed by atoms with Gasteiger partial charge in [-0.3, -0.25) is 14.6 Å². The van der Waals surface area contributed by atoms with Crippen LogP contribution in [0.5, 0.6) is 0 Å². The molecule has 10 heteroatoms. The van der Waals surface area contributed by atoms with Gasteiger partial charge >= 0.3 is 0 Å². The van der Waals surface area contributed by atoms with Crippen molar-refractivity contribution in [2.24, 2.45) is 5.92 Å². The zero-order chi connectivity index (χ0) is 21.7. The third kappa shape index (κ3) is 5.41. The first kappa shape index (κ1) is 21.9. The topological polar surface area (TPSA) is 127 Å². The van der Waals surface area contributed by atoms with Crippen LogP contribution in [0.1, 0.15) is 48.1 Å². The van der Waals surface area contributed by atoms with Crippen molar-refractivity contribution < 1.29 is 9.59 Å². The number of likely N-dealkylation sites (tertiary alicyclic amines) is 1. The van der Waals surface area contributed by atoms with Crippen molar-refractivity contribution in [3.63, 3.8) is 0 Å². The first-order valence-corrected chi connectivity index (χ1v) is 10.4. The van der Waals surface area contributed by atoms with Crippen LogP contribution in [0.25, 0.3) is 0 Å². The van der Waals surface area contributed by atoms with Crippen LogP contribution in [0.4, 0.5) is 5.82 Å².